The molecule has 1 N–H and O–H groups in total. The SMILES string of the molecule is Cc1csc2ncn(CCC3(O)CCC3)c(=O)c12. The first-order valence-corrected chi connectivity index (χ1v) is 7.13. The molecule has 0 saturated heterocycles. The fraction of sp³-hybridized carbons (Fsp3) is 0.538. The van der Waals surface area contributed by atoms with Crippen molar-refractivity contribution in [2.24, 2.45) is 0 Å². The Morgan fingerprint density at radius 3 is 3.00 bits per heavy atom. The van der Waals surface area contributed by atoms with Crippen LogP contribution in [0.3, 0.4) is 0 Å². The maximum atomic E-state index is 12.3. The minimum absolute atomic E-state index is 0.0154. The highest BCUT2D eigenvalue weighted by Gasteiger charge is 2.33. The molecule has 1 aliphatic rings. The van der Waals surface area contributed by atoms with E-state index < -0.39 is 5.60 Å². The van der Waals surface area contributed by atoms with Crippen molar-refractivity contribution in [1.82, 2.24) is 9.55 Å². The molecule has 0 aliphatic heterocycles. The molecule has 4 nitrogen and oxygen atoms in total. The van der Waals surface area contributed by atoms with E-state index >= 15 is 0 Å². The third-order valence-corrected chi connectivity index (χ3v) is 4.85. The fourth-order valence-electron chi connectivity index (χ4n) is 2.43. The lowest BCUT2D eigenvalue weighted by molar-refractivity contribution is -0.0434. The molecule has 3 rings (SSSR count). The Morgan fingerprint density at radius 1 is 1.56 bits per heavy atom. The van der Waals surface area contributed by atoms with Gasteiger partial charge >= 0.3 is 0 Å². The topological polar surface area (TPSA) is 55.1 Å². The number of fused-ring (bicyclic) bond motifs is 1. The molecule has 96 valence electrons. The van der Waals surface area contributed by atoms with E-state index in [1.54, 1.807) is 10.9 Å². The number of thiophene rings is 1. The monoisotopic (exact) mass is 264 g/mol. The zero-order valence-electron chi connectivity index (χ0n) is 10.3. The number of rotatable bonds is 3. The van der Waals surface area contributed by atoms with E-state index in [0.717, 1.165) is 35.0 Å². The summed E-state index contributed by atoms with van der Waals surface area (Å²) in [6.45, 7) is 2.49. The maximum absolute atomic E-state index is 12.3. The van der Waals surface area contributed by atoms with Gasteiger partial charge in [0.05, 0.1) is 17.3 Å². The first-order valence-electron chi connectivity index (χ1n) is 6.25. The van der Waals surface area contributed by atoms with E-state index in [0.29, 0.717) is 13.0 Å². The number of aliphatic hydroxyl groups is 1. The number of hydrogen-bond acceptors (Lipinski definition) is 4. The Labute approximate surface area is 109 Å². The molecule has 1 aliphatic carbocycles. The van der Waals surface area contributed by atoms with Gasteiger partial charge in [-0.15, -0.1) is 11.3 Å². The average Bonchev–Trinajstić information content (AvgIpc) is 2.68. The van der Waals surface area contributed by atoms with Gasteiger partial charge in [-0.05, 0) is 43.6 Å². The van der Waals surface area contributed by atoms with Crippen molar-refractivity contribution in [3.8, 4) is 0 Å². The van der Waals surface area contributed by atoms with E-state index in [1.165, 1.54) is 11.3 Å². The van der Waals surface area contributed by atoms with Gasteiger partial charge in [-0.1, -0.05) is 0 Å². The molecule has 0 bridgehead atoms. The van der Waals surface area contributed by atoms with Crippen LogP contribution in [0.4, 0.5) is 0 Å². The average molecular weight is 264 g/mol. The van der Waals surface area contributed by atoms with Gasteiger partial charge in [-0.25, -0.2) is 4.98 Å². The lowest BCUT2D eigenvalue weighted by Crippen LogP contribution is -2.38. The van der Waals surface area contributed by atoms with Gasteiger partial charge in [-0.2, -0.15) is 0 Å². The molecule has 0 amide bonds. The molecule has 0 atom stereocenters. The summed E-state index contributed by atoms with van der Waals surface area (Å²) in [5.74, 6) is 0. The van der Waals surface area contributed by atoms with E-state index in [9.17, 15) is 9.90 Å². The summed E-state index contributed by atoms with van der Waals surface area (Å²) < 4.78 is 1.62. The molecule has 0 aromatic carbocycles. The number of hydrogen-bond donors (Lipinski definition) is 1. The fourth-order valence-corrected chi connectivity index (χ4v) is 3.31. The molecule has 2 aromatic rings. The Kier molecular flexibility index (Phi) is 2.75. The van der Waals surface area contributed by atoms with Crippen LogP contribution in [-0.2, 0) is 6.54 Å². The molecular formula is C13H16N2O2S. The molecule has 0 radical (unpaired) electrons. The van der Waals surface area contributed by atoms with Crippen LogP contribution in [0.15, 0.2) is 16.5 Å². The third-order valence-electron chi connectivity index (χ3n) is 3.85. The van der Waals surface area contributed by atoms with Gasteiger partial charge in [0.15, 0.2) is 0 Å². The van der Waals surface area contributed by atoms with E-state index in [2.05, 4.69) is 4.98 Å². The van der Waals surface area contributed by atoms with Gasteiger partial charge in [0.25, 0.3) is 5.56 Å². The zero-order chi connectivity index (χ0) is 12.8. The molecule has 5 heteroatoms. The van der Waals surface area contributed by atoms with Crippen molar-refractivity contribution in [1.29, 1.82) is 0 Å². The molecule has 2 aromatic heterocycles. The van der Waals surface area contributed by atoms with Crippen LogP contribution in [0.2, 0.25) is 0 Å². The number of aryl methyl sites for hydroxylation is 2. The summed E-state index contributed by atoms with van der Waals surface area (Å²) in [5.41, 5.74) is 0.462. The highest BCUT2D eigenvalue weighted by Crippen LogP contribution is 2.34. The second-order valence-corrected chi connectivity index (χ2v) is 6.03. The van der Waals surface area contributed by atoms with Gasteiger partial charge in [0.1, 0.15) is 4.83 Å². The Bertz CT molecular complexity index is 640. The minimum atomic E-state index is -0.544. The van der Waals surface area contributed by atoms with Gasteiger partial charge in [0.2, 0.25) is 0 Å². The first kappa shape index (κ1) is 11.9. The van der Waals surface area contributed by atoms with Crippen molar-refractivity contribution >= 4 is 21.6 Å². The molecule has 18 heavy (non-hydrogen) atoms. The highest BCUT2D eigenvalue weighted by molar-refractivity contribution is 7.16. The zero-order valence-corrected chi connectivity index (χ0v) is 11.2. The molecule has 0 unspecified atom stereocenters. The smallest absolute Gasteiger partial charge is 0.262 e. The van der Waals surface area contributed by atoms with E-state index in [4.69, 9.17) is 0 Å². The standard InChI is InChI=1S/C13H16N2O2S/c1-9-7-18-11-10(9)12(16)15(8-14-11)6-5-13(17)3-2-4-13/h7-8,17H,2-6H2,1H3. The van der Waals surface area contributed by atoms with Crippen molar-refractivity contribution in [2.45, 2.75) is 44.8 Å². The predicted octanol–water partition coefficient (Wildman–Crippen LogP) is 2.07. The first-order chi connectivity index (χ1) is 8.59. The molecule has 2 heterocycles. The Balaban J connectivity index is 1.90. The maximum Gasteiger partial charge on any atom is 0.262 e. The van der Waals surface area contributed by atoms with Crippen LogP contribution >= 0.6 is 11.3 Å². The summed E-state index contributed by atoms with van der Waals surface area (Å²) in [6.07, 6.45) is 5.04. The quantitative estimate of drug-likeness (QED) is 0.923. The van der Waals surface area contributed by atoms with Gasteiger partial charge in [0, 0.05) is 6.54 Å². The number of aromatic nitrogens is 2. The van der Waals surface area contributed by atoms with Crippen LogP contribution in [-0.4, -0.2) is 20.3 Å². The molecule has 1 fully saturated rings. The van der Waals surface area contributed by atoms with Crippen molar-refractivity contribution in [3.63, 3.8) is 0 Å². The predicted molar refractivity (Wildman–Crippen MR) is 72.0 cm³/mol. The summed E-state index contributed by atoms with van der Waals surface area (Å²) in [4.78, 5) is 17.4. The summed E-state index contributed by atoms with van der Waals surface area (Å²) in [6, 6.07) is 0. The summed E-state index contributed by atoms with van der Waals surface area (Å²) in [5, 5.41) is 12.7. The Hall–Kier alpha value is -1.20. The Morgan fingerprint density at radius 2 is 2.33 bits per heavy atom. The van der Waals surface area contributed by atoms with E-state index in [-0.39, 0.29) is 5.56 Å². The van der Waals surface area contributed by atoms with Crippen LogP contribution in [0.1, 0.15) is 31.2 Å². The van der Waals surface area contributed by atoms with E-state index in [1.807, 2.05) is 12.3 Å². The van der Waals surface area contributed by atoms with Crippen LogP contribution in [0.25, 0.3) is 10.2 Å². The van der Waals surface area contributed by atoms with Crippen molar-refractivity contribution < 1.29 is 5.11 Å². The summed E-state index contributed by atoms with van der Waals surface area (Å²) >= 11 is 1.50. The highest BCUT2D eigenvalue weighted by atomic mass is 32.1. The van der Waals surface area contributed by atoms with Crippen LogP contribution < -0.4 is 5.56 Å². The molecular weight excluding hydrogens is 248 g/mol. The van der Waals surface area contributed by atoms with Crippen LogP contribution in [0, 0.1) is 6.92 Å². The van der Waals surface area contributed by atoms with Gasteiger partial charge in [-0.3, -0.25) is 9.36 Å². The normalized spacial score (nSPS) is 17.9. The van der Waals surface area contributed by atoms with Crippen molar-refractivity contribution in [3.05, 3.63) is 27.6 Å². The molecule has 1 saturated carbocycles. The van der Waals surface area contributed by atoms with Gasteiger partial charge < -0.3 is 5.11 Å². The third kappa shape index (κ3) is 1.87. The lowest BCUT2D eigenvalue weighted by atomic mass is 9.78. The summed E-state index contributed by atoms with van der Waals surface area (Å²) in [7, 11) is 0. The minimum Gasteiger partial charge on any atom is -0.390 e. The van der Waals surface area contributed by atoms with Crippen molar-refractivity contribution in [2.75, 3.05) is 0 Å². The van der Waals surface area contributed by atoms with Crippen LogP contribution in [0.5, 0.6) is 0 Å². The molecule has 0 spiro atoms. The lowest BCUT2D eigenvalue weighted by Gasteiger charge is -2.36. The second kappa shape index (κ2) is 4.17. The second-order valence-electron chi connectivity index (χ2n) is 5.17. The largest absolute Gasteiger partial charge is 0.390 e. The number of nitrogens with zero attached hydrogens (tertiary/aromatic N) is 2.